The highest BCUT2D eigenvalue weighted by Gasteiger charge is 2.21. The molecule has 0 atom stereocenters. The van der Waals surface area contributed by atoms with Gasteiger partial charge < -0.3 is 9.64 Å². The highest BCUT2D eigenvalue weighted by molar-refractivity contribution is 7.93. The van der Waals surface area contributed by atoms with Crippen molar-refractivity contribution >= 4 is 38.1 Å². The maximum atomic E-state index is 12.5. The predicted octanol–water partition coefficient (Wildman–Crippen LogP) is 2.67. The Kier molecular flexibility index (Phi) is 5.28. The molecule has 120 valence electrons. The molecule has 0 bridgehead atoms. The van der Waals surface area contributed by atoms with E-state index in [1.54, 1.807) is 6.07 Å². The zero-order chi connectivity index (χ0) is 16.3. The van der Waals surface area contributed by atoms with Gasteiger partial charge in [0.15, 0.2) is 5.13 Å². The SMILES string of the molecule is COc1ccc(Cl)cc1S(=O)(=O)Nc1nc(CN(C)C)cs1. The van der Waals surface area contributed by atoms with Gasteiger partial charge in [-0.1, -0.05) is 11.6 Å². The molecule has 0 unspecified atom stereocenters. The van der Waals surface area contributed by atoms with Crippen molar-refractivity contribution in [3.63, 3.8) is 0 Å². The lowest BCUT2D eigenvalue weighted by Gasteiger charge is -2.10. The number of hydrogen-bond acceptors (Lipinski definition) is 6. The number of rotatable bonds is 6. The van der Waals surface area contributed by atoms with Gasteiger partial charge in [0, 0.05) is 16.9 Å². The van der Waals surface area contributed by atoms with Crippen LogP contribution in [0.5, 0.6) is 5.75 Å². The molecule has 0 spiro atoms. The second kappa shape index (κ2) is 6.82. The lowest BCUT2D eigenvalue weighted by molar-refractivity contribution is 0.398. The number of methoxy groups -OCH3 is 1. The molecule has 1 N–H and O–H groups in total. The molecule has 0 aliphatic rings. The lowest BCUT2D eigenvalue weighted by atomic mass is 10.3. The maximum Gasteiger partial charge on any atom is 0.267 e. The number of ether oxygens (including phenoxy) is 1. The van der Waals surface area contributed by atoms with E-state index in [0.717, 1.165) is 5.69 Å². The van der Waals surface area contributed by atoms with Crippen LogP contribution in [0.25, 0.3) is 0 Å². The normalized spacial score (nSPS) is 11.7. The predicted molar refractivity (Wildman–Crippen MR) is 88.3 cm³/mol. The zero-order valence-corrected chi connectivity index (χ0v) is 14.7. The second-order valence-corrected chi connectivity index (χ2v) is 7.73. The fraction of sp³-hybridized carbons (Fsp3) is 0.308. The van der Waals surface area contributed by atoms with Crippen LogP contribution in [0.1, 0.15) is 5.69 Å². The van der Waals surface area contributed by atoms with Crippen molar-refractivity contribution < 1.29 is 13.2 Å². The third kappa shape index (κ3) is 4.10. The first kappa shape index (κ1) is 17.0. The summed E-state index contributed by atoms with van der Waals surface area (Å²) in [5.74, 6) is 0.224. The van der Waals surface area contributed by atoms with Gasteiger partial charge in [0.1, 0.15) is 10.6 Å². The van der Waals surface area contributed by atoms with Crippen LogP contribution < -0.4 is 9.46 Å². The Bertz CT molecular complexity index is 760. The van der Waals surface area contributed by atoms with E-state index in [9.17, 15) is 8.42 Å². The summed E-state index contributed by atoms with van der Waals surface area (Å²) in [6.07, 6.45) is 0. The van der Waals surface area contributed by atoms with Crippen LogP contribution >= 0.6 is 22.9 Å². The Balaban J connectivity index is 2.28. The van der Waals surface area contributed by atoms with Crippen molar-refractivity contribution in [2.45, 2.75) is 11.4 Å². The van der Waals surface area contributed by atoms with E-state index in [0.29, 0.717) is 16.7 Å². The van der Waals surface area contributed by atoms with Gasteiger partial charge in [-0.05, 0) is 32.3 Å². The van der Waals surface area contributed by atoms with Crippen molar-refractivity contribution in [1.82, 2.24) is 9.88 Å². The lowest BCUT2D eigenvalue weighted by Crippen LogP contribution is -2.14. The summed E-state index contributed by atoms with van der Waals surface area (Å²) in [5.41, 5.74) is 0.797. The van der Waals surface area contributed by atoms with Crippen molar-refractivity contribution in [3.05, 3.63) is 34.3 Å². The van der Waals surface area contributed by atoms with Gasteiger partial charge in [-0.25, -0.2) is 13.4 Å². The maximum absolute atomic E-state index is 12.5. The Morgan fingerprint density at radius 2 is 2.14 bits per heavy atom. The van der Waals surface area contributed by atoms with Crippen LogP contribution in [-0.2, 0) is 16.6 Å². The third-order valence-corrected chi connectivity index (χ3v) is 5.20. The topological polar surface area (TPSA) is 71.5 Å². The molecule has 22 heavy (non-hydrogen) atoms. The third-order valence-electron chi connectivity index (χ3n) is 2.67. The van der Waals surface area contributed by atoms with Crippen LogP contribution in [0.15, 0.2) is 28.5 Å². The summed E-state index contributed by atoms with van der Waals surface area (Å²) in [6, 6.07) is 4.42. The molecule has 1 heterocycles. The number of thiazole rings is 1. The summed E-state index contributed by atoms with van der Waals surface area (Å²) in [5, 5.41) is 2.43. The van der Waals surface area contributed by atoms with E-state index in [2.05, 4.69) is 9.71 Å². The first-order valence-electron chi connectivity index (χ1n) is 6.27. The Labute approximate surface area is 138 Å². The van der Waals surface area contributed by atoms with E-state index in [4.69, 9.17) is 16.3 Å². The number of anilines is 1. The quantitative estimate of drug-likeness (QED) is 0.856. The highest BCUT2D eigenvalue weighted by atomic mass is 35.5. The number of nitrogens with one attached hydrogen (secondary N) is 1. The summed E-state index contributed by atoms with van der Waals surface area (Å²) in [7, 11) is 1.42. The smallest absolute Gasteiger partial charge is 0.267 e. The van der Waals surface area contributed by atoms with Crippen molar-refractivity contribution in [1.29, 1.82) is 0 Å². The molecule has 0 amide bonds. The van der Waals surface area contributed by atoms with Crippen LogP contribution in [-0.4, -0.2) is 39.5 Å². The van der Waals surface area contributed by atoms with E-state index in [-0.39, 0.29) is 10.6 Å². The van der Waals surface area contributed by atoms with E-state index in [1.165, 1.54) is 30.6 Å². The number of nitrogens with zero attached hydrogens (tertiary/aromatic N) is 2. The second-order valence-electron chi connectivity index (χ2n) is 4.78. The fourth-order valence-electron chi connectivity index (χ4n) is 1.78. The van der Waals surface area contributed by atoms with Crippen LogP contribution in [0, 0.1) is 0 Å². The van der Waals surface area contributed by atoms with Gasteiger partial charge in [0.2, 0.25) is 0 Å². The Morgan fingerprint density at radius 3 is 2.77 bits per heavy atom. The molecule has 1 aromatic carbocycles. The molecule has 1 aromatic heterocycles. The molecule has 2 rings (SSSR count). The van der Waals surface area contributed by atoms with Crippen LogP contribution in [0.3, 0.4) is 0 Å². The molecule has 2 aromatic rings. The first-order chi connectivity index (χ1) is 10.3. The zero-order valence-electron chi connectivity index (χ0n) is 12.3. The van der Waals surface area contributed by atoms with E-state index < -0.39 is 10.0 Å². The molecule has 0 aliphatic heterocycles. The first-order valence-corrected chi connectivity index (χ1v) is 9.01. The molecule has 0 aliphatic carbocycles. The average molecular weight is 362 g/mol. The van der Waals surface area contributed by atoms with Gasteiger partial charge in [-0.15, -0.1) is 11.3 Å². The Morgan fingerprint density at radius 1 is 1.41 bits per heavy atom. The summed E-state index contributed by atoms with van der Waals surface area (Å²) in [4.78, 5) is 6.18. The minimum absolute atomic E-state index is 0.0214. The van der Waals surface area contributed by atoms with Crippen LogP contribution in [0.4, 0.5) is 5.13 Å². The van der Waals surface area contributed by atoms with E-state index in [1.807, 2.05) is 24.4 Å². The minimum Gasteiger partial charge on any atom is -0.495 e. The number of sulfonamides is 1. The molecular formula is C13H16ClN3O3S2. The summed E-state index contributed by atoms with van der Waals surface area (Å²) >= 11 is 7.11. The van der Waals surface area contributed by atoms with Gasteiger partial charge in [0.25, 0.3) is 10.0 Å². The number of aromatic nitrogens is 1. The van der Waals surface area contributed by atoms with Gasteiger partial charge in [0.05, 0.1) is 12.8 Å². The molecule has 6 nitrogen and oxygen atoms in total. The number of benzene rings is 1. The fourth-order valence-corrected chi connectivity index (χ4v) is 4.17. The van der Waals surface area contributed by atoms with Crippen molar-refractivity contribution in [2.75, 3.05) is 25.9 Å². The largest absolute Gasteiger partial charge is 0.495 e. The molecule has 9 heteroatoms. The molecule has 0 saturated carbocycles. The van der Waals surface area contributed by atoms with Gasteiger partial charge in [-0.3, -0.25) is 4.72 Å². The van der Waals surface area contributed by atoms with Crippen molar-refractivity contribution in [2.24, 2.45) is 0 Å². The van der Waals surface area contributed by atoms with Gasteiger partial charge in [-0.2, -0.15) is 0 Å². The highest BCUT2D eigenvalue weighted by Crippen LogP contribution is 2.29. The van der Waals surface area contributed by atoms with Gasteiger partial charge >= 0.3 is 0 Å². The molecular weight excluding hydrogens is 346 g/mol. The number of halogens is 1. The number of hydrogen-bond donors (Lipinski definition) is 1. The minimum atomic E-state index is -3.82. The summed E-state index contributed by atoms with van der Waals surface area (Å²) < 4.78 is 32.5. The van der Waals surface area contributed by atoms with Crippen molar-refractivity contribution in [3.8, 4) is 5.75 Å². The Hall–Kier alpha value is -1.35. The molecule has 0 radical (unpaired) electrons. The standard InChI is InChI=1S/C13H16ClN3O3S2/c1-17(2)7-10-8-21-13(15-10)16-22(18,19)12-6-9(14)4-5-11(12)20-3/h4-6,8H,7H2,1-3H3,(H,15,16). The molecule has 0 saturated heterocycles. The monoisotopic (exact) mass is 361 g/mol. The molecule has 0 fully saturated rings. The summed E-state index contributed by atoms with van der Waals surface area (Å²) in [6.45, 7) is 0.638. The van der Waals surface area contributed by atoms with Crippen LogP contribution in [0.2, 0.25) is 5.02 Å². The van der Waals surface area contributed by atoms with E-state index >= 15 is 0 Å². The average Bonchev–Trinajstić information content (AvgIpc) is 2.84.